The maximum Gasteiger partial charge on any atom is 0.191 e. The van der Waals surface area contributed by atoms with Crippen LogP contribution in [0.15, 0.2) is 51.9 Å². The molecule has 0 saturated carbocycles. The molecule has 0 fully saturated rings. The van der Waals surface area contributed by atoms with E-state index >= 15 is 0 Å². The number of rotatable bonds is 4. The number of hydrogen-bond acceptors (Lipinski definition) is 3. The van der Waals surface area contributed by atoms with E-state index in [0.717, 1.165) is 35.5 Å². The van der Waals surface area contributed by atoms with Crippen LogP contribution in [0.4, 0.5) is 0 Å². The monoisotopic (exact) mass is 411 g/mol. The van der Waals surface area contributed by atoms with E-state index in [-0.39, 0.29) is 6.04 Å². The number of guanidine groups is 1. The van der Waals surface area contributed by atoms with Crippen LogP contribution in [-0.2, 0) is 6.42 Å². The van der Waals surface area contributed by atoms with Crippen molar-refractivity contribution in [3.63, 3.8) is 0 Å². The van der Waals surface area contributed by atoms with Gasteiger partial charge < -0.3 is 10.6 Å². The maximum absolute atomic E-state index is 6.44. The Bertz CT molecular complexity index is 734. The maximum atomic E-state index is 6.44. The van der Waals surface area contributed by atoms with E-state index in [9.17, 15) is 0 Å². The highest BCUT2D eigenvalue weighted by atomic mass is 79.9. The van der Waals surface area contributed by atoms with E-state index in [1.807, 2.05) is 30.3 Å². The summed E-state index contributed by atoms with van der Waals surface area (Å²) in [6, 6.07) is 13.9. The molecule has 1 aliphatic heterocycles. The van der Waals surface area contributed by atoms with Crippen LogP contribution in [0.25, 0.3) is 0 Å². The Morgan fingerprint density at radius 1 is 1.17 bits per heavy atom. The molecule has 1 aliphatic rings. The fourth-order valence-electron chi connectivity index (χ4n) is 2.57. The van der Waals surface area contributed by atoms with Crippen molar-refractivity contribution in [2.24, 2.45) is 4.99 Å². The summed E-state index contributed by atoms with van der Waals surface area (Å²) in [4.78, 5) is 4.42. The lowest BCUT2D eigenvalue weighted by Gasteiger charge is -2.22. The molecule has 3 rings (SSSR count). The molecule has 0 aliphatic carbocycles. The molecule has 0 spiro atoms. The standard InChI is InChI=1S/C17H16BrCl2N3/c18-13-6-2-1-4-11(13)10-15(23-17-21-8-9-22-17)12-5-3-7-14(19)16(12)20/h1-7,15H,8-10H2,(H2,21,22,23). The van der Waals surface area contributed by atoms with Gasteiger partial charge in [0.2, 0.25) is 0 Å². The number of nitrogens with zero attached hydrogens (tertiary/aromatic N) is 1. The van der Waals surface area contributed by atoms with Gasteiger partial charge in [0.15, 0.2) is 5.96 Å². The van der Waals surface area contributed by atoms with Gasteiger partial charge in [0, 0.05) is 11.0 Å². The van der Waals surface area contributed by atoms with Gasteiger partial charge in [-0.3, -0.25) is 4.99 Å². The predicted molar refractivity (Wildman–Crippen MR) is 100 cm³/mol. The van der Waals surface area contributed by atoms with E-state index in [1.165, 1.54) is 5.56 Å². The average molecular weight is 413 g/mol. The van der Waals surface area contributed by atoms with E-state index in [1.54, 1.807) is 6.07 Å². The normalized spacial score (nSPS) is 15.0. The van der Waals surface area contributed by atoms with Gasteiger partial charge in [0.1, 0.15) is 0 Å². The Kier molecular flexibility index (Phi) is 5.46. The third-order valence-corrected chi connectivity index (χ3v) is 5.33. The first-order valence-electron chi connectivity index (χ1n) is 7.37. The Labute approximate surface area is 154 Å². The highest BCUT2D eigenvalue weighted by Crippen LogP contribution is 2.32. The van der Waals surface area contributed by atoms with Crippen molar-refractivity contribution >= 4 is 45.1 Å². The molecule has 120 valence electrons. The summed E-state index contributed by atoms with van der Waals surface area (Å²) >= 11 is 16.2. The van der Waals surface area contributed by atoms with Crippen molar-refractivity contribution in [3.05, 3.63) is 68.1 Å². The third kappa shape index (κ3) is 4.00. The van der Waals surface area contributed by atoms with Gasteiger partial charge in [-0.15, -0.1) is 0 Å². The second kappa shape index (κ2) is 7.56. The molecule has 1 heterocycles. The first kappa shape index (κ1) is 16.6. The molecule has 2 aromatic rings. The van der Waals surface area contributed by atoms with Crippen molar-refractivity contribution in [2.75, 3.05) is 13.1 Å². The summed E-state index contributed by atoms with van der Waals surface area (Å²) in [5.74, 6) is 0.804. The highest BCUT2D eigenvalue weighted by Gasteiger charge is 2.20. The minimum atomic E-state index is -0.0238. The molecule has 0 aromatic heterocycles. The Morgan fingerprint density at radius 3 is 2.74 bits per heavy atom. The Morgan fingerprint density at radius 2 is 2.00 bits per heavy atom. The molecule has 0 saturated heterocycles. The van der Waals surface area contributed by atoms with Crippen LogP contribution in [0.2, 0.25) is 10.0 Å². The molecule has 6 heteroatoms. The van der Waals surface area contributed by atoms with Crippen LogP contribution in [0.5, 0.6) is 0 Å². The number of benzene rings is 2. The highest BCUT2D eigenvalue weighted by molar-refractivity contribution is 9.10. The fourth-order valence-corrected chi connectivity index (χ4v) is 3.46. The first-order chi connectivity index (χ1) is 11.1. The number of halogens is 3. The minimum absolute atomic E-state index is 0.0238. The molecule has 1 unspecified atom stereocenters. The van der Waals surface area contributed by atoms with E-state index in [4.69, 9.17) is 23.2 Å². The van der Waals surface area contributed by atoms with E-state index in [2.05, 4.69) is 37.6 Å². The second-order valence-electron chi connectivity index (χ2n) is 5.29. The van der Waals surface area contributed by atoms with Gasteiger partial charge in [0.05, 0.1) is 22.6 Å². The smallest absolute Gasteiger partial charge is 0.191 e. The second-order valence-corrected chi connectivity index (χ2v) is 6.93. The summed E-state index contributed by atoms with van der Waals surface area (Å²) in [7, 11) is 0. The van der Waals surface area contributed by atoms with Crippen LogP contribution >= 0.6 is 39.1 Å². The molecular weight excluding hydrogens is 397 g/mol. The van der Waals surface area contributed by atoms with Crippen LogP contribution in [0.3, 0.4) is 0 Å². The molecule has 2 aromatic carbocycles. The van der Waals surface area contributed by atoms with Crippen molar-refractivity contribution in [1.82, 2.24) is 10.6 Å². The molecular formula is C17H16BrCl2N3. The lowest BCUT2D eigenvalue weighted by atomic mass is 9.99. The van der Waals surface area contributed by atoms with Crippen LogP contribution < -0.4 is 10.6 Å². The molecule has 23 heavy (non-hydrogen) atoms. The molecule has 0 bridgehead atoms. The SMILES string of the molecule is Clc1cccc(C(Cc2ccccc2Br)NC2=NCCN2)c1Cl. The zero-order valence-corrected chi connectivity index (χ0v) is 15.4. The van der Waals surface area contributed by atoms with Gasteiger partial charge >= 0.3 is 0 Å². The van der Waals surface area contributed by atoms with Crippen molar-refractivity contribution < 1.29 is 0 Å². The minimum Gasteiger partial charge on any atom is -0.355 e. The van der Waals surface area contributed by atoms with Crippen molar-refractivity contribution in [2.45, 2.75) is 12.5 Å². The molecule has 0 radical (unpaired) electrons. The summed E-state index contributed by atoms with van der Waals surface area (Å²) in [5.41, 5.74) is 2.16. The summed E-state index contributed by atoms with van der Waals surface area (Å²) < 4.78 is 1.08. The molecule has 1 atom stereocenters. The van der Waals surface area contributed by atoms with Crippen LogP contribution in [-0.4, -0.2) is 19.0 Å². The van der Waals surface area contributed by atoms with Gasteiger partial charge in [-0.2, -0.15) is 0 Å². The predicted octanol–water partition coefficient (Wildman–Crippen LogP) is 4.59. The van der Waals surface area contributed by atoms with Crippen LogP contribution in [0.1, 0.15) is 17.2 Å². The topological polar surface area (TPSA) is 36.4 Å². The average Bonchev–Trinajstić information content (AvgIpc) is 3.05. The van der Waals surface area contributed by atoms with E-state index < -0.39 is 0 Å². The lowest BCUT2D eigenvalue weighted by molar-refractivity contribution is 0.633. The largest absolute Gasteiger partial charge is 0.355 e. The Hall–Kier alpha value is -1.23. The van der Waals surface area contributed by atoms with Gasteiger partial charge in [-0.25, -0.2) is 0 Å². The van der Waals surface area contributed by atoms with Gasteiger partial charge in [0.25, 0.3) is 0 Å². The van der Waals surface area contributed by atoms with E-state index in [0.29, 0.717) is 10.0 Å². The summed E-state index contributed by atoms with van der Waals surface area (Å²) in [6.07, 6.45) is 0.766. The molecule has 3 nitrogen and oxygen atoms in total. The summed E-state index contributed by atoms with van der Waals surface area (Å²) in [6.45, 7) is 1.64. The van der Waals surface area contributed by atoms with Crippen molar-refractivity contribution in [3.8, 4) is 0 Å². The van der Waals surface area contributed by atoms with Crippen LogP contribution in [0, 0.1) is 0 Å². The van der Waals surface area contributed by atoms with Gasteiger partial charge in [-0.05, 0) is 29.7 Å². The molecule has 2 N–H and O–H groups in total. The lowest BCUT2D eigenvalue weighted by Crippen LogP contribution is -2.37. The van der Waals surface area contributed by atoms with Gasteiger partial charge in [-0.1, -0.05) is 69.5 Å². The Balaban J connectivity index is 1.93. The number of hydrogen-bond donors (Lipinski definition) is 2. The first-order valence-corrected chi connectivity index (χ1v) is 8.92. The quantitative estimate of drug-likeness (QED) is 0.770. The number of nitrogens with one attached hydrogen (secondary N) is 2. The third-order valence-electron chi connectivity index (χ3n) is 3.72. The number of aliphatic imine (C=N–C) groups is 1. The van der Waals surface area contributed by atoms with Crippen molar-refractivity contribution in [1.29, 1.82) is 0 Å². The zero-order chi connectivity index (χ0) is 16.2. The fraction of sp³-hybridized carbons (Fsp3) is 0.235. The summed E-state index contributed by atoms with van der Waals surface area (Å²) in [5, 5.41) is 7.83. The molecule has 0 amide bonds. The zero-order valence-electron chi connectivity index (χ0n) is 12.3.